The molecular weight excluding hydrogens is 174 g/mol. The number of rotatable bonds is 2. The Hall–Kier alpha value is -1.30. The van der Waals surface area contributed by atoms with Crippen LogP contribution >= 0.6 is 0 Å². The number of hydrogen-bond donors (Lipinski definition) is 1. The Balaban J connectivity index is 2.04. The average molecular weight is 189 g/mol. The van der Waals surface area contributed by atoms with Gasteiger partial charge in [0.1, 0.15) is 5.82 Å². The molecule has 0 aliphatic heterocycles. The zero-order valence-corrected chi connectivity index (χ0v) is 8.29. The Morgan fingerprint density at radius 2 is 2.21 bits per heavy atom. The fraction of sp³-hybridized carbons (Fsp3) is 0.636. The first kappa shape index (κ1) is 9.26. The maximum Gasteiger partial charge on any atom is 0.120 e. The highest BCUT2D eigenvalue weighted by molar-refractivity contribution is 5.10. The van der Waals surface area contributed by atoms with Gasteiger partial charge in [0.05, 0.1) is 12.5 Å². The fourth-order valence-corrected chi connectivity index (χ4v) is 2.16. The van der Waals surface area contributed by atoms with E-state index >= 15 is 0 Å². The largest absolute Gasteiger partial charge is 0.345 e. The predicted molar refractivity (Wildman–Crippen MR) is 53.7 cm³/mol. The standard InChI is InChI=1S/C11H15N3/c12-7-6-11-13-8-10(14-11)9-4-2-1-3-5-9/h8-9H,1-6H2,(H,13,14). The molecule has 0 atom stereocenters. The molecule has 0 spiro atoms. The van der Waals surface area contributed by atoms with Crippen LogP contribution in [0.15, 0.2) is 6.20 Å². The number of imidazole rings is 1. The van der Waals surface area contributed by atoms with Crippen molar-refractivity contribution in [1.29, 1.82) is 5.26 Å². The van der Waals surface area contributed by atoms with Gasteiger partial charge in [-0.05, 0) is 12.8 Å². The van der Waals surface area contributed by atoms with E-state index in [0.717, 1.165) is 5.82 Å². The Kier molecular flexibility index (Phi) is 2.83. The normalized spacial score (nSPS) is 17.9. The third-order valence-corrected chi connectivity index (χ3v) is 2.94. The summed E-state index contributed by atoms with van der Waals surface area (Å²) in [5.74, 6) is 1.47. The summed E-state index contributed by atoms with van der Waals surface area (Å²) in [6, 6.07) is 2.11. The maximum atomic E-state index is 8.53. The zero-order chi connectivity index (χ0) is 9.80. The molecule has 0 amide bonds. The third-order valence-electron chi connectivity index (χ3n) is 2.94. The van der Waals surface area contributed by atoms with E-state index in [1.165, 1.54) is 37.8 Å². The first-order valence-electron chi connectivity index (χ1n) is 5.31. The van der Waals surface area contributed by atoms with Crippen molar-refractivity contribution in [2.24, 2.45) is 0 Å². The zero-order valence-electron chi connectivity index (χ0n) is 8.29. The number of hydrogen-bond acceptors (Lipinski definition) is 2. The van der Waals surface area contributed by atoms with Crippen LogP contribution in [0.25, 0.3) is 0 Å². The molecule has 1 saturated carbocycles. The van der Waals surface area contributed by atoms with Crippen molar-refractivity contribution in [2.45, 2.75) is 44.4 Å². The number of nitriles is 1. The molecule has 0 unspecified atom stereocenters. The number of nitrogens with one attached hydrogen (secondary N) is 1. The second-order valence-corrected chi connectivity index (χ2v) is 3.96. The molecular formula is C11H15N3. The lowest BCUT2D eigenvalue weighted by Crippen LogP contribution is -2.04. The first-order valence-corrected chi connectivity index (χ1v) is 5.31. The highest BCUT2D eigenvalue weighted by Gasteiger charge is 2.17. The molecule has 3 nitrogen and oxygen atoms in total. The molecule has 0 saturated heterocycles. The third kappa shape index (κ3) is 1.95. The van der Waals surface area contributed by atoms with E-state index in [2.05, 4.69) is 16.0 Å². The molecule has 3 heteroatoms. The molecule has 0 radical (unpaired) electrons. The SMILES string of the molecule is N#CCc1ncc(C2CCCCC2)[nH]1. The summed E-state index contributed by atoms with van der Waals surface area (Å²) in [6.45, 7) is 0. The summed E-state index contributed by atoms with van der Waals surface area (Å²) in [5, 5.41) is 8.53. The van der Waals surface area contributed by atoms with Crippen molar-refractivity contribution in [3.8, 4) is 6.07 Å². The second kappa shape index (κ2) is 4.28. The number of nitrogens with zero attached hydrogens (tertiary/aromatic N) is 2. The fourth-order valence-electron chi connectivity index (χ4n) is 2.16. The smallest absolute Gasteiger partial charge is 0.120 e. The molecule has 0 aromatic carbocycles. The number of H-pyrrole nitrogens is 1. The van der Waals surface area contributed by atoms with Gasteiger partial charge in [0.2, 0.25) is 0 Å². The van der Waals surface area contributed by atoms with Crippen molar-refractivity contribution >= 4 is 0 Å². The van der Waals surface area contributed by atoms with E-state index in [0.29, 0.717) is 12.3 Å². The molecule has 1 N–H and O–H groups in total. The molecule has 1 aliphatic rings. The van der Waals surface area contributed by atoms with Gasteiger partial charge in [-0.25, -0.2) is 4.98 Å². The van der Waals surface area contributed by atoms with Gasteiger partial charge in [-0.15, -0.1) is 0 Å². The molecule has 1 heterocycles. The summed E-state index contributed by atoms with van der Waals surface area (Å²) >= 11 is 0. The summed E-state index contributed by atoms with van der Waals surface area (Å²) in [5.41, 5.74) is 1.23. The van der Waals surface area contributed by atoms with E-state index < -0.39 is 0 Å². The van der Waals surface area contributed by atoms with Crippen molar-refractivity contribution in [2.75, 3.05) is 0 Å². The predicted octanol–water partition coefficient (Wildman–Crippen LogP) is 2.52. The van der Waals surface area contributed by atoms with Crippen molar-refractivity contribution in [1.82, 2.24) is 9.97 Å². The van der Waals surface area contributed by atoms with Crippen molar-refractivity contribution < 1.29 is 0 Å². The lowest BCUT2D eigenvalue weighted by molar-refractivity contribution is 0.437. The molecule has 1 aromatic heterocycles. The van der Waals surface area contributed by atoms with Crippen LogP contribution in [0.1, 0.15) is 49.5 Å². The van der Waals surface area contributed by atoms with Gasteiger partial charge < -0.3 is 4.98 Å². The van der Waals surface area contributed by atoms with E-state index in [1.54, 1.807) is 0 Å². The number of aromatic nitrogens is 2. The van der Waals surface area contributed by atoms with Crippen LogP contribution in [0, 0.1) is 11.3 Å². The minimum Gasteiger partial charge on any atom is -0.345 e. The monoisotopic (exact) mass is 189 g/mol. The number of aromatic amines is 1. The maximum absolute atomic E-state index is 8.53. The summed E-state index contributed by atoms with van der Waals surface area (Å²) in [7, 11) is 0. The van der Waals surface area contributed by atoms with E-state index in [1.807, 2.05) is 6.20 Å². The van der Waals surface area contributed by atoms with Crippen LogP contribution in [0.5, 0.6) is 0 Å². The van der Waals surface area contributed by atoms with Gasteiger partial charge in [-0.1, -0.05) is 19.3 Å². The highest BCUT2D eigenvalue weighted by atomic mass is 14.9. The Labute approximate surface area is 84.2 Å². The van der Waals surface area contributed by atoms with Gasteiger partial charge in [-0.2, -0.15) is 5.26 Å². The summed E-state index contributed by atoms with van der Waals surface area (Å²) in [6.07, 6.45) is 8.88. The van der Waals surface area contributed by atoms with E-state index in [-0.39, 0.29) is 0 Å². The highest BCUT2D eigenvalue weighted by Crippen LogP contribution is 2.31. The molecule has 0 bridgehead atoms. The van der Waals surface area contributed by atoms with Gasteiger partial charge in [0.15, 0.2) is 0 Å². The molecule has 1 fully saturated rings. The Morgan fingerprint density at radius 3 is 2.93 bits per heavy atom. The topological polar surface area (TPSA) is 52.5 Å². The van der Waals surface area contributed by atoms with Crippen molar-refractivity contribution in [3.05, 3.63) is 17.7 Å². The van der Waals surface area contributed by atoms with Crippen LogP contribution in [0.3, 0.4) is 0 Å². The van der Waals surface area contributed by atoms with Crippen LogP contribution in [-0.2, 0) is 6.42 Å². The summed E-state index contributed by atoms with van der Waals surface area (Å²) < 4.78 is 0. The molecule has 2 rings (SSSR count). The van der Waals surface area contributed by atoms with Crippen LogP contribution in [0.4, 0.5) is 0 Å². The van der Waals surface area contributed by atoms with E-state index in [9.17, 15) is 0 Å². The van der Waals surface area contributed by atoms with Crippen LogP contribution < -0.4 is 0 Å². The molecule has 74 valence electrons. The minimum atomic E-state index is 0.396. The Bertz CT molecular complexity index is 329. The lowest BCUT2D eigenvalue weighted by Gasteiger charge is -2.19. The van der Waals surface area contributed by atoms with Crippen LogP contribution in [0.2, 0.25) is 0 Å². The summed E-state index contributed by atoms with van der Waals surface area (Å²) in [4.78, 5) is 7.45. The van der Waals surface area contributed by atoms with Gasteiger partial charge in [0.25, 0.3) is 0 Å². The Morgan fingerprint density at radius 1 is 1.43 bits per heavy atom. The quantitative estimate of drug-likeness (QED) is 0.777. The van der Waals surface area contributed by atoms with Gasteiger partial charge >= 0.3 is 0 Å². The van der Waals surface area contributed by atoms with Gasteiger partial charge in [-0.3, -0.25) is 0 Å². The van der Waals surface area contributed by atoms with Crippen molar-refractivity contribution in [3.63, 3.8) is 0 Å². The molecule has 1 aliphatic carbocycles. The minimum absolute atomic E-state index is 0.396. The van der Waals surface area contributed by atoms with Gasteiger partial charge in [0, 0.05) is 17.8 Å². The molecule has 1 aromatic rings. The lowest BCUT2D eigenvalue weighted by atomic mass is 9.87. The first-order chi connectivity index (χ1) is 6.90. The average Bonchev–Trinajstić information content (AvgIpc) is 2.68. The van der Waals surface area contributed by atoms with Crippen LogP contribution in [-0.4, -0.2) is 9.97 Å². The molecule has 14 heavy (non-hydrogen) atoms. The second-order valence-electron chi connectivity index (χ2n) is 3.96. The van der Waals surface area contributed by atoms with E-state index in [4.69, 9.17) is 5.26 Å².